The number of benzene rings is 10. The van der Waals surface area contributed by atoms with Crippen molar-refractivity contribution in [2.75, 3.05) is 9.80 Å². The van der Waals surface area contributed by atoms with Gasteiger partial charge in [0.15, 0.2) is 0 Å². The largest absolute Gasteiger partial charge is 0.310 e. The van der Waals surface area contributed by atoms with Gasteiger partial charge in [0.1, 0.15) is 0 Å². The molecule has 0 fully saturated rings. The van der Waals surface area contributed by atoms with E-state index in [9.17, 15) is 0 Å². The summed E-state index contributed by atoms with van der Waals surface area (Å²) in [5.41, 5.74) is 18.6. The molecule has 0 saturated heterocycles. The van der Waals surface area contributed by atoms with Gasteiger partial charge in [0.05, 0.1) is 0 Å². The van der Waals surface area contributed by atoms with Gasteiger partial charge in [-0.15, -0.1) is 0 Å². The fraction of sp³-hybridized carbons (Fsp3) is 0. The van der Waals surface area contributed by atoms with Crippen LogP contribution >= 0.6 is 0 Å². The predicted octanol–water partition coefficient (Wildman–Crippen LogP) is 17.0. The van der Waals surface area contributed by atoms with Crippen LogP contribution in [0.1, 0.15) is 0 Å². The molecule has 0 unspecified atom stereocenters. The van der Waals surface area contributed by atoms with Gasteiger partial charge >= 0.3 is 0 Å². The third-order valence-corrected chi connectivity index (χ3v) is 11.5. The Morgan fingerprint density at radius 1 is 0.145 bits per heavy atom. The van der Waals surface area contributed by atoms with Crippen LogP contribution in [0, 0.1) is 0 Å². The van der Waals surface area contributed by atoms with E-state index in [1.165, 1.54) is 55.6 Å². The van der Waals surface area contributed by atoms with Gasteiger partial charge in [0.25, 0.3) is 0 Å². The zero-order chi connectivity index (χ0) is 41.5. The van der Waals surface area contributed by atoms with E-state index in [1.807, 2.05) is 0 Å². The molecular weight excluding hydrogens is 749 g/mol. The van der Waals surface area contributed by atoms with Gasteiger partial charge in [-0.25, -0.2) is 0 Å². The molecule has 294 valence electrons. The lowest BCUT2D eigenvalue weighted by atomic mass is 9.97. The second kappa shape index (κ2) is 17.6. The molecule has 0 amide bonds. The van der Waals surface area contributed by atoms with Gasteiger partial charge in [0.2, 0.25) is 0 Å². The lowest BCUT2D eigenvalue weighted by Crippen LogP contribution is -2.09. The molecule has 0 atom stereocenters. The van der Waals surface area contributed by atoms with E-state index in [2.05, 4.69) is 277 Å². The molecule has 0 saturated carbocycles. The van der Waals surface area contributed by atoms with Gasteiger partial charge in [-0.2, -0.15) is 0 Å². The maximum absolute atomic E-state index is 2.33. The first-order valence-corrected chi connectivity index (χ1v) is 21.2. The number of rotatable bonds is 11. The first kappa shape index (κ1) is 38.0. The zero-order valence-corrected chi connectivity index (χ0v) is 34.3. The average molecular weight is 793 g/mol. The summed E-state index contributed by atoms with van der Waals surface area (Å²) in [6, 6.07) is 95.5. The van der Waals surface area contributed by atoms with Crippen molar-refractivity contribution in [3.05, 3.63) is 267 Å². The van der Waals surface area contributed by atoms with Crippen molar-refractivity contribution in [2.24, 2.45) is 0 Å². The molecule has 0 aliphatic heterocycles. The minimum absolute atomic E-state index is 1.11. The third kappa shape index (κ3) is 8.18. The van der Waals surface area contributed by atoms with E-state index in [0.29, 0.717) is 0 Å². The molecule has 0 aliphatic carbocycles. The quantitative estimate of drug-likeness (QED) is 0.129. The van der Waals surface area contributed by atoms with Gasteiger partial charge in [-0.1, -0.05) is 194 Å². The van der Waals surface area contributed by atoms with E-state index in [1.54, 1.807) is 0 Å². The van der Waals surface area contributed by atoms with Crippen LogP contribution in [0.15, 0.2) is 267 Å². The van der Waals surface area contributed by atoms with Crippen molar-refractivity contribution in [3.63, 3.8) is 0 Å². The lowest BCUT2D eigenvalue weighted by Gasteiger charge is -2.26. The average Bonchev–Trinajstić information content (AvgIpc) is 3.36. The normalized spacial score (nSPS) is 10.9. The summed E-state index contributed by atoms with van der Waals surface area (Å²) in [5, 5.41) is 0. The number of hydrogen-bond acceptors (Lipinski definition) is 2. The van der Waals surface area contributed by atoms with Crippen LogP contribution in [0.3, 0.4) is 0 Å². The number of anilines is 6. The zero-order valence-electron chi connectivity index (χ0n) is 34.3. The lowest BCUT2D eigenvalue weighted by molar-refractivity contribution is 1.28. The Bertz CT molecular complexity index is 2790. The molecule has 0 aliphatic rings. The Morgan fingerprint density at radius 3 is 0.677 bits per heavy atom. The maximum atomic E-state index is 2.33. The standard InChI is InChI=1S/C60H44N2/c1-5-15-45(16-6-1)49-35-39-57(40-36-49)61(55-21-9-3-10-22-55)59-25-13-19-53(43-59)51-31-27-47(28-32-51)48-29-33-52(34-30-48)54-20-14-26-60(44-54)62(56-23-11-4-12-24-56)58-41-37-50(38-42-58)46-17-7-2-8-18-46/h1-44H. The van der Waals surface area contributed by atoms with Crippen molar-refractivity contribution in [3.8, 4) is 55.6 Å². The molecule has 10 aromatic carbocycles. The fourth-order valence-corrected chi connectivity index (χ4v) is 8.28. The van der Waals surface area contributed by atoms with Gasteiger partial charge in [0, 0.05) is 34.1 Å². The number of para-hydroxylation sites is 2. The van der Waals surface area contributed by atoms with Crippen LogP contribution in [0.4, 0.5) is 34.1 Å². The summed E-state index contributed by atoms with van der Waals surface area (Å²) in [6.07, 6.45) is 0. The molecule has 0 aromatic heterocycles. The van der Waals surface area contributed by atoms with Crippen LogP contribution in [-0.4, -0.2) is 0 Å². The molecule has 2 heteroatoms. The second-order valence-corrected chi connectivity index (χ2v) is 15.4. The first-order chi connectivity index (χ1) is 30.7. The molecule has 10 rings (SSSR count). The third-order valence-electron chi connectivity index (χ3n) is 11.5. The minimum Gasteiger partial charge on any atom is -0.310 e. The molecule has 62 heavy (non-hydrogen) atoms. The number of nitrogens with zero attached hydrogens (tertiary/aromatic N) is 2. The summed E-state index contributed by atoms with van der Waals surface area (Å²) < 4.78 is 0. The van der Waals surface area contributed by atoms with Crippen LogP contribution in [0.5, 0.6) is 0 Å². The summed E-state index contributed by atoms with van der Waals surface area (Å²) in [7, 11) is 0. The smallest absolute Gasteiger partial charge is 0.0467 e. The fourth-order valence-electron chi connectivity index (χ4n) is 8.28. The van der Waals surface area contributed by atoms with Crippen molar-refractivity contribution in [2.45, 2.75) is 0 Å². The van der Waals surface area contributed by atoms with Crippen LogP contribution in [0.25, 0.3) is 55.6 Å². The van der Waals surface area contributed by atoms with Crippen molar-refractivity contribution < 1.29 is 0 Å². The molecule has 0 N–H and O–H groups in total. The Kier molecular flexibility index (Phi) is 10.8. The molecule has 10 aromatic rings. The first-order valence-electron chi connectivity index (χ1n) is 21.2. The van der Waals surface area contributed by atoms with Gasteiger partial charge in [-0.3, -0.25) is 0 Å². The Labute approximate surface area is 364 Å². The predicted molar refractivity (Wildman–Crippen MR) is 263 cm³/mol. The number of hydrogen-bond donors (Lipinski definition) is 0. The summed E-state index contributed by atoms with van der Waals surface area (Å²) in [4.78, 5) is 4.65. The highest BCUT2D eigenvalue weighted by molar-refractivity contribution is 5.84. The van der Waals surface area contributed by atoms with E-state index in [0.717, 1.165) is 34.1 Å². The van der Waals surface area contributed by atoms with Crippen molar-refractivity contribution in [1.29, 1.82) is 0 Å². The Morgan fingerprint density at radius 2 is 0.355 bits per heavy atom. The molecule has 0 spiro atoms. The van der Waals surface area contributed by atoms with E-state index >= 15 is 0 Å². The monoisotopic (exact) mass is 792 g/mol. The minimum atomic E-state index is 1.11. The summed E-state index contributed by atoms with van der Waals surface area (Å²) >= 11 is 0. The van der Waals surface area contributed by atoms with Gasteiger partial charge < -0.3 is 9.80 Å². The molecule has 2 nitrogen and oxygen atoms in total. The topological polar surface area (TPSA) is 6.48 Å². The highest BCUT2D eigenvalue weighted by Crippen LogP contribution is 2.40. The summed E-state index contributed by atoms with van der Waals surface area (Å²) in [6.45, 7) is 0. The highest BCUT2D eigenvalue weighted by atomic mass is 15.1. The maximum Gasteiger partial charge on any atom is 0.0467 e. The second-order valence-electron chi connectivity index (χ2n) is 15.4. The Hall–Kier alpha value is -8.20. The molecule has 0 radical (unpaired) electrons. The van der Waals surface area contributed by atoms with Crippen LogP contribution in [-0.2, 0) is 0 Å². The SMILES string of the molecule is c1ccc(-c2ccc(N(c3ccccc3)c3cccc(-c4ccc(-c5ccc(-c6cccc(N(c7ccccc7)c7ccc(-c8ccccc8)cc7)c6)cc5)cc4)c3)cc2)cc1. The highest BCUT2D eigenvalue weighted by Gasteiger charge is 2.16. The molecular formula is C60H44N2. The molecule has 0 heterocycles. The van der Waals surface area contributed by atoms with E-state index in [4.69, 9.17) is 0 Å². The molecule has 0 bridgehead atoms. The Balaban J connectivity index is 0.891. The van der Waals surface area contributed by atoms with Crippen molar-refractivity contribution in [1.82, 2.24) is 0 Å². The van der Waals surface area contributed by atoms with Crippen LogP contribution in [0.2, 0.25) is 0 Å². The van der Waals surface area contributed by atoms with Gasteiger partial charge in [-0.05, 0) is 128 Å². The van der Waals surface area contributed by atoms with E-state index in [-0.39, 0.29) is 0 Å². The van der Waals surface area contributed by atoms with Crippen molar-refractivity contribution >= 4 is 34.1 Å². The van der Waals surface area contributed by atoms with Crippen LogP contribution < -0.4 is 9.80 Å². The van der Waals surface area contributed by atoms with E-state index < -0.39 is 0 Å². The summed E-state index contributed by atoms with van der Waals surface area (Å²) in [5.74, 6) is 0.